The minimum atomic E-state index is -1.62. The molecular weight excluding hydrogens is 700 g/mol. The van der Waals surface area contributed by atoms with Gasteiger partial charge in [-0.05, 0) is 83.5 Å². The van der Waals surface area contributed by atoms with E-state index in [0.717, 1.165) is 70.6 Å². The van der Waals surface area contributed by atoms with Crippen molar-refractivity contribution in [3.05, 3.63) is 97.2 Å². The van der Waals surface area contributed by atoms with E-state index in [4.69, 9.17) is 18.9 Å². The number of unbranched alkanes of at least 4 members (excludes halogenated alkanes) is 4. The number of hydrogen-bond acceptors (Lipinski definition) is 10. The Kier molecular flexibility index (Phi) is 31.6. The lowest BCUT2D eigenvalue weighted by atomic mass is 9.99. The van der Waals surface area contributed by atoms with Crippen LogP contribution in [0.2, 0.25) is 0 Å². The van der Waals surface area contributed by atoms with Gasteiger partial charge >= 0.3 is 11.9 Å². The van der Waals surface area contributed by atoms with E-state index in [1.807, 2.05) is 6.08 Å². The van der Waals surface area contributed by atoms with Crippen LogP contribution >= 0.6 is 0 Å². The number of rotatable bonds is 31. The molecule has 6 atom stereocenters. The zero-order valence-corrected chi connectivity index (χ0v) is 33.4. The van der Waals surface area contributed by atoms with Crippen molar-refractivity contribution in [2.24, 2.45) is 0 Å². The summed E-state index contributed by atoms with van der Waals surface area (Å²) in [5.74, 6) is -0.935. The lowest BCUT2D eigenvalue weighted by Crippen LogP contribution is -2.59. The largest absolute Gasteiger partial charge is 0.462 e. The molecule has 310 valence electrons. The quantitative estimate of drug-likeness (QED) is 0.0310. The molecule has 0 amide bonds. The van der Waals surface area contributed by atoms with Crippen LogP contribution in [-0.2, 0) is 28.5 Å². The molecule has 0 bridgehead atoms. The average molecular weight is 771 g/mol. The first kappa shape index (κ1) is 49.6. The number of aliphatic hydroxyl groups is 4. The van der Waals surface area contributed by atoms with Gasteiger partial charge < -0.3 is 39.4 Å². The SMILES string of the molecule is CCC=CCC=CCC=CCC=CCC=CCCCC(=O)OCC(COC1OC(CO)C(O)C(O)C1O)OC(=O)CCCCC=CCC=CCC=CCCC. The molecule has 0 saturated carbocycles. The molecule has 4 N–H and O–H groups in total. The molecule has 10 nitrogen and oxygen atoms in total. The van der Waals surface area contributed by atoms with E-state index in [0.29, 0.717) is 19.3 Å². The molecule has 1 rings (SSSR count). The third-order valence-corrected chi connectivity index (χ3v) is 8.43. The van der Waals surface area contributed by atoms with Gasteiger partial charge in [0, 0.05) is 12.8 Å². The second-order valence-electron chi connectivity index (χ2n) is 13.3. The Labute approximate surface area is 330 Å². The second kappa shape index (κ2) is 35.1. The Bertz CT molecular complexity index is 1210. The Morgan fingerprint density at radius 2 is 1.07 bits per heavy atom. The topological polar surface area (TPSA) is 152 Å². The number of carbonyl (C=O) groups is 2. The zero-order valence-electron chi connectivity index (χ0n) is 33.4. The minimum Gasteiger partial charge on any atom is -0.462 e. The number of allylic oxidation sites excluding steroid dienone is 16. The van der Waals surface area contributed by atoms with Gasteiger partial charge in [0.1, 0.15) is 31.0 Å². The van der Waals surface area contributed by atoms with E-state index in [1.54, 1.807) is 0 Å². The molecule has 0 aromatic carbocycles. The van der Waals surface area contributed by atoms with E-state index in [9.17, 15) is 30.0 Å². The fraction of sp³-hybridized carbons (Fsp3) is 0.600. The first-order valence-electron chi connectivity index (χ1n) is 20.3. The highest BCUT2D eigenvalue weighted by molar-refractivity contribution is 5.70. The Balaban J connectivity index is 2.46. The summed E-state index contributed by atoms with van der Waals surface area (Å²) in [6.45, 7) is 3.10. The molecule has 6 unspecified atom stereocenters. The van der Waals surface area contributed by atoms with E-state index >= 15 is 0 Å². The Hall–Kier alpha value is -3.38. The molecule has 0 radical (unpaired) electrons. The highest BCUT2D eigenvalue weighted by Gasteiger charge is 2.44. The third-order valence-electron chi connectivity index (χ3n) is 8.43. The molecule has 1 saturated heterocycles. The van der Waals surface area contributed by atoms with Gasteiger partial charge in [0.25, 0.3) is 0 Å². The third kappa shape index (κ3) is 27.0. The zero-order chi connectivity index (χ0) is 40.2. The molecule has 1 aliphatic rings. The predicted molar refractivity (Wildman–Crippen MR) is 219 cm³/mol. The fourth-order valence-corrected chi connectivity index (χ4v) is 5.24. The number of esters is 2. The minimum absolute atomic E-state index is 0.162. The maximum absolute atomic E-state index is 12.7. The summed E-state index contributed by atoms with van der Waals surface area (Å²) in [5.41, 5.74) is 0. The van der Waals surface area contributed by atoms with Gasteiger partial charge in [-0.2, -0.15) is 0 Å². The molecule has 1 aliphatic heterocycles. The molecule has 0 spiro atoms. The van der Waals surface area contributed by atoms with E-state index in [1.165, 1.54) is 0 Å². The first-order chi connectivity index (χ1) is 26.8. The molecule has 0 aromatic heterocycles. The standard InChI is InChI=1S/C45H70O10/c1-3-5-7-9-11-13-15-17-18-19-20-22-23-25-27-29-31-33-40(47)52-36-38(37-53-45-44(51)43(50)42(49)39(35-46)55-45)54-41(48)34-32-30-28-26-24-21-16-14-12-10-8-6-4-2/h5,7-8,10-11,13-14,16-18,20,22,24-27,38-39,42-46,49-51H,3-4,6,9,12,15,19,21,23,28-37H2,1-2H3. The van der Waals surface area contributed by atoms with E-state index in [2.05, 4.69) is 105 Å². The van der Waals surface area contributed by atoms with Crippen molar-refractivity contribution < 1.29 is 49.0 Å². The van der Waals surface area contributed by atoms with Gasteiger partial charge in [-0.25, -0.2) is 0 Å². The lowest BCUT2D eigenvalue weighted by Gasteiger charge is -2.39. The molecule has 1 fully saturated rings. The molecule has 0 aliphatic carbocycles. The van der Waals surface area contributed by atoms with Crippen LogP contribution in [0.15, 0.2) is 97.2 Å². The number of hydrogen-bond donors (Lipinski definition) is 4. The van der Waals surface area contributed by atoms with Crippen molar-refractivity contribution in [3.8, 4) is 0 Å². The van der Waals surface area contributed by atoms with Gasteiger partial charge in [0.2, 0.25) is 0 Å². The first-order valence-corrected chi connectivity index (χ1v) is 20.3. The molecule has 55 heavy (non-hydrogen) atoms. The van der Waals surface area contributed by atoms with E-state index < -0.39 is 55.4 Å². The van der Waals surface area contributed by atoms with Crippen molar-refractivity contribution >= 4 is 11.9 Å². The van der Waals surface area contributed by atoms with Crippen molar-refractivity contribution in [2.75, 3.05) is 19.8 Å². The lowest BCUT2D eigenvalue weighted by molar-refractivity contribution is -0.305. The van der Waals surface area contributed by atoms with Crippen LogP contribution in [0.25, 0.3) is 0 Å². The average Bonchev–Trinajstić information content (AvgIpc) is 3.18. The molecule has 10 heteroatoms. The van der Waals surface area contributed by atoms with Crippen LogP contribution in [0, 0.1) is 0 Å². The Morgan fingerprint density at radius 1 is 0.582 bits per heavy atom. The fourth-order valence-electron chi connectivity index (χ4n) is 5.24. The molecular formula is C45H70O10. The normalized spacial score (nSPS) is 21.6. The van der Waals surface area contributed by atoms with Crippen LogP contribution in [0.5, 0.6) is 0 Å². The predicted octanol–water partition coefficient (Wildman–Crippen LogP) is 7.99. The summed E-state index contributed by atoms with van der Waals surface area (Å²) in [6, 6.07) is 0. The summed E-state index contributed by atoms with van der Waals surface area (Å²) in [4.78, 5) is 25.2. The highest BCUT2D eigenvalue weighted by Crippen LogP contribution is 2.22. The Morgan fingerprint density at radius 3 is 1.60 bits per heavy atom. The van der Waals surface area contributed by atoms with Gasteiger partial charge in [-0.3, -0.25) is 9.59 Å². The summed E-state index contributed by atoms with van der Waals surface area (Å²) in [6.07, 6.45) is 38.5. The van der Waals surface area contributed by atoms with Gasteiger partial charge in [-0.1, -0.05) is 117 Å². The van der Waals surface area contributed by atoms with Gasteiger partial charge in [0.05, 0.1) is 13.2 Å². The van der Waals surface area contributed by atoms with Gasteiger partial charge in [-0.15, -0.1) is 0 Å². The monoisotopic (exact) mass is 770 g/mol. The number of ether oxygens (including phenoxy) is 4. The van der Waals surface area contributed by atoms with Gasteiger partial charge in [0.15, 0.2) is 12.4 Å². The summed E-state index contributed by atoms with van der Waals surface area (Å²) >= 11 is 0. The van der Waals surface area contributed by atoms with Crippen LogP contribution in [0.4, 0.5) is 0 Å². The number of carbonyl (C=O) groups excluding carboxylic acids is 2. The van der Waals surface area contributed by atoms with Crippen LogP contribution in [0.3, 0.4) is 0 Å². The maximum Gasteiger partial charge on any atom is 0.306 e. The molecule has 0 aromatic rings. The summed E-state index contributed by atoms with van der Waals surface area (Å²) < 4.78 is 22.0. The summed E-state index contributed by atoms with van der Waals surface area (Å²) in [5, 5.41) is 40.0. The van der Waals surface area contributed by atoms with Crippen LogP contribution in [0.1, 0.15) is 117 Å². The van der Waals surface area contributed by atoms with Crippen molar-refractivity contribution in [2.45, 2.75) is 153 Å². The van der Waals surface area contributed by atoms with Crippen molar-refractivity contribution in [3.63, 3.8) is 0 Å². The van der Waals surface area contributed by atoms with E-state index in [-0.39, 0.29) is 26.1 Å². The highest BCUT2D eigenvalue weighted by atomic mass is 16.7. The summed E-state index contributed by atoms with van der Waals surface area (Å²) in [7, 11) is 0. The number of aliphatic hydroxyl groups excluding tert-OH is 4. The van der Waals surface area contributed by atoms with Crippen LogP contribution < -0.4 is 0 Å². The van der Waals surface area contributed by atoms with Crippen LogP contribution in [-0.4, -0.2) is 89.0 Å². The smallest absolute Gasteiger partial charge is 0.306 e. The van der Waals surface area contributed by atoms with Crippen molar-refractivity contribution in [1.29, 1.82) is 0 Å². The van der Waals surface area contributed by atoms with Crippen molar-refractivity contribution in [1.82, 2.24) is 0 Å². The maximum atomic E-state index is 12.7. The molecule has 1 heterocycles. The second-order valence-corrected chi connectivity index (χ2v) is 13.3.